The Morgan fingerprint density at radius 2 is 2.00 bits per heavy atom. The smallest absolute Gasteiger partial charge is 0.410 e. The average molecular weight is 325 g/mol. The van der Waals surface area contributed by atoms with Gasteiger partial charge in [-0.1, -0.05) is 30.3 Å². The summed E-state index contributed by atoms with van der Waals surface area (Å²) >= 11 is 0. The highest BCUT2D eigenvalue weighted by molar-refractivity contribution is 5.85. The van der Waals surface area contributed by atoms with Crippen molar-refractivity contribution in [2.75, 3.05) is 19.6 Å². The summed E-state index contributed by atoms with van der Waals surface area (Å²) in [6.45, 7) is 5.49. The minimum absolute atomic E-state index is 0. The maximum atomic E-state index is 12.3. The number of rotatable bonds is 2. The summed E-state index contributed by atoms with van der Waals surface area (Å²) in [6, 6.07) is 10.1. The minimum atomic E-state index is -0.165. The topological polar surface area (TPSA) is 41.6 Å². The fraction of sp³-hybridized carbons (Fsp3) is 0.588. The molecule has 2 heterocycles. The maximum Gasteiger partial charge on any atom is 0.410 e. The van der Waals surface area contributed by atoms with E-state index in [2.05, 4.69) is 12.2 Å². The van der Waals surface area contributed by atoms with E-state index in [1.165, 1.54) is 12.8 Å². The molecule has 0 radical (unpaired) electrons. The van der Waals surface area contributed by atoms with Gasteiger partial charge in [0.2, 0.25) is 0 Å². The monoisotopic (exact) mass is 324 g/mol. The number of carbonyl (C=O) groups is 1. The molecular weight excluding hydrogens is 300 g/mol. The summed E-state index contributed by atoms with van der Waals surface area (Å²) in [5, 5.41) is 3.41. The van der Waals surface area contributed by atoms with Gasteiger partial charge in [-0.25, -0.2) is 4.79 Å². The van der Waals surface area contributed by atoms with Gasteiger partial charge in [0.1, 0.15) is 6.61 Å². The summed E-state index contributed by atoms with van der Waals surface area (Å²) < 4.78 is 5.49. The quantitative estimate of drug-likeness (QED) is 0.908. The summed E-state index contributed by atoms with van der Waals surface area (Å²) in [4.78, 5) is 14.3. The second kappa shape index (κ2) is 7.34. The average Bonchev–Trinajstić information content (AvgIpc) is 2.83. The third kappa shape index (κ3) is 3.73. The van der Waals surface area contributed by atoms with Gasteiger partial charge in [-0.3, -0.25) is 0 Å². The zero-order chi connectivity index (χ0) is 14.7. The van der Waals surface area contributed by atoms with E-state index in [9.17, 15) is 4.79 Å². The Morgan fingerprint density at radius 3 is 2.68 bits per heavy atom. The highest BCUT2D eigenvalue weighted by Gasteiger charge is 2.44. The van der Waals surface area contributed by atoms with E-state index in [0.717, 1.165) is 31.6 Å². The molecule has 1 aromatic carbocycles. The van der Waals surface area contributed by atoms with Crippen LogP contribution in [0.4, 0.5) is 4.79 Å². The summed E-state index contributed by atoms with van der Waals surface area (Å²) in [5.74, 6) is 0. The molecule has 0 bridgehead atoms. The molecule has 0 saturated carbocycles. The molecule has 2 aliphatic rings. The zero-order valence-corrected chi connectivity index (χ0v) is 13.9. The van der Waals surface area contributed by atoms with E-state index in [4.69, 9.17) is 4.74 Å². The SMILES string of the molecule is CC1CC2(CCNCC2)CN1C(=O)OCc1ccccc1.Cl. The van der Waals surface area contributed by atoms with Crippen molar-refractivity contribution in [2.45, 2.75) is 38.8 Å². The van der Waals surface area contributed by atoms with Gasteiger partial charge in [-0.2, -0.15) is 0 Å². The van der Waals surface area contributed by atoms with Crippen LogP contribution in [0, 0.1) is 5.41 Å². The predicted molar refractivity (Wildman–Crippen MR) is 89.2 cm³/mol. The molecule has 22 heavy (non-hydrogen) atoms. The molecule has 1 amide bonds. The first-order valence-electron chi connectivity index (χ1n) is 7.87. The largest absolute Gasteiger partial charge is 0.445 e. The van der Waals surface area contributed by atoms with E-state index >= 15 is 0 Å². The Bertz CT molecular complexity index is 489. The van der Waals surface area contributed by atoms with Crippen molar-refractivity contribution in [1.82, 2.24) is 10.2 Å². The van der Waals surface area contributed by atoms with Crippen molar-refractivity contribution >= 4 is 18.5 Å². The van der Waals surface area contributed by atoms with E-state index < -0.39 is 0 Å². The Balaban J connectivity index is 0.00000176. The molecule has 2 aliphatic heterocycles. The lowest BCUT2D eigenvalue weighted by Crippen LogP contribution is -2.40. The standard InChI is InChI=1S/C17H24N2O2.ClH/c1-14-11-17(7-9-18-10-8-17)13-19(14)16(20)21-12-15-5-3-2-4-6-15;/h2-6,14,18H,7-13H2,1H3;1H. The lowest BCUT2D eigenvalue weighted by atomic mass is 9.77. The maximum absolute atomic E-state index is 12.3. The molecule has 1 N–H and O–H groups in total. The zero-order valence-electron chi connectivity index (χ0n) is 13.1. The third-order valence-electron chi connectivity index (χ3n) is 4.87. The molecule has 2 fully saturated rings. The predicted octanol–water partition coefficient (Wildman–Crippen LogP) is 3.21. The van der Waals surface area contributed by atoms with E-state index in [0.29, 0.717) is 12.0 Å². The van der Waals surface area contributed by atoms with Crippen LogP contribution in [0.5, 0.6) is 0 Å². The Hall–Kier alpha value is -1.26. The molecule has 4 nitrogen and oxygen atoms in total. The van der Waals surface area contributed by atoms with E-state index in [-0.39, 0.29) is 24.5 Å². The number of halogens is 1. The van der Waals surface area contributed by atoms with E-state index in [1.54, 1.807) is 0 Å². The van der Waals surface area contributed by atoms with Gasteiger partial charge in [0.15, 0.2) is 0 Å². The number of hydrogen-bond donors (Lipinski definition) is 1. The molecule has 1 unspecified atom stereocenters. The van der Waals surface area contributed by atoms with Crippen LogP contribution in [0.2, 0.25) is 0 Å². The summed E-state index contributed by atoms with van der Waals surface area (Å²) in [5.41, 5.74) is 1.35. The molecular formula is C17H25ClN2O2. The molecule has 0 aromatic heterocycles. The Labute approximate surface area is 138 Å². The molecule has 2 saturated heterocycles. The van der Waals surface area contributed by atoms with Gasteiger partial charge >= 0.3 is 6.09 Å². The highest BCUT2D eigenvalue weighted by Crippen LogP contribution is 2.41. The fourth-order valence-corrected chi connectivity index (χ4v) is 3.68. The molecule has 0 aliphatic carbocycles. The van der Waals surface area contributed by atoms with Gasteiger partial charge in [-0.15, -0.1) is 12.4 Å². The number of ether oxygens (including phenoxy) is 1. The summed E-state index contributed by atoms with van der Waals surface area (Å²) in [7, 11) is 0. The van der Waals surface area contributed by atoms with E-state index in [1.807, 2.05) is 35.2 Å². The van der Waals surface area contributed by atoms with Crippen molar-refractivity contribution in [2.24, 2.45) is 5.41 Å². The molecule has 122 valence electrons. The minimum Gasteiger partial charge on any atom is -0.445 e. The Morgan fingerprint density at radius 1 is 1.32 bits per heavy atom. The molecule has 5 heteroatoms. The number of likely N-dealkylation sites (tertiary alicyclic amines) is 1. The van der Waals surface area contributed by atoms with Gasteiger partial charge < -0.3 is 15.0 Å². The van der Waals surface area contributed by atoms with Crippen LogP contribution < -0.4 is 5.32 Å². The van der Waals surface area contributed by atoms with Crippen molar-refractivity contribution in [3.05, 3.63) is 35.9 Å². The third-order valence-corrected chi connectivity index (χ3v) is 4.87. The first-order valence-corrected chi connectivity index (χ1v) is 7.87. The van der Waals surface area contributed by atoms with Crippen LogP contribution in [0.15, 0.2) is 30.3 Å². The fourth-order valence-electron chi connectivity index (χ4n) is 3.68. The first kappa shape index (κ1) is 17.1. The summed E-state index contributed by atoms with van der Waals surface area (Å²) in [6.07, 6.45) is 3.27. The van der Waals surface area contributed by atoms with Gasteiger partial charge in [-0.05, 0) is 50.3 Å². The Kier molecular flexibility index (Phi) is 5.70. The lowest BCUT2D eigenvalue weighted by molar-refractivity contribution is 0.0892. The van der Waals surface area contributed by atoms with Crippen molar-refractivity contribution < 1.29 is 9.53 Å². The molecule has 3 rings (SSSR count). The number of nitrogens with one attached hydrogen (secondary N) is 1. The first-order chi connectivity index (χ1) is 10.2. The second-order valence-electron chi connectivity index (χ2n) is 6.47. The van der Waals surface area contributed by atoms with Crippen LogP contribution in [0.3, 0.4) is 0 Å². The van der Waals surface area contributed by atoms with Crippen molar-refractivity contribution in [1.29, 1.82) is 0 Å². The molecule has 1 aromatic rings. The number of carbonyl (C=O) groups excluding carboxylic acids is 1. The number of hydrogen-bond acceptors (Lipinski definition) is 3. The molecule has 1 atom stereocenters. The van der Waals surface area contributed by atoms with Crippen LogP contribution in [-0.2, 0) is 11.3 Å². The van der Waals surface area contributed by atoms with Crippen LogP contribution in [0.25, 0.3) is 0 Å². The van der Waals surface area contributed by atoms with Gasteiger partial charge in [0.05, 0.1) is 0 Å². The number of nitrogens with zero attached hydrogens (tertiary/aromatic N) is 1. The number of amides is 1. The highest BCUT2D eigenvalue weighted by atomic mass is 35.5. The molecule has 1 spiro atoms. The number of benzene rings is 1. The van der Waals surface area contributed by atoms with Gasteiger partial charge in [0.25, 0.3) is 0 Å². The lowest BCUT2D eigenvalue weighted by Gasteiger charge is -2.33. The van der Waals surface area contributed by atoms with Crippen molar-refractivity contribution in [3.63, 3.8) is 0 Å². The van der Waals surface area contributed by atoms with Crippen LogP contribution in [-0.4, -0.2) is 36.7 Å². The normalized spacial score (nSPS) is 23.1. The van der Waals surface area contributed by atoms with Crippen LogP contribution >= 0.6 is 12.4 Å². The number of piperidine rings is 1. The second-order valence-corrected chi connectivity index (χ2v) is 6.47. The van der Waals surface area contributed by atoms with Gasteiger partial charge in [0, 0.05) is 12.6 Å². The van der Waals surface area contributed by atoms with Crippen LogP contribution in [0.1, 0.15) is 31.7 Å². The van der Waals surface area contributed by atoms with Crippen molar-refractivity contribution in [3.8, 4) is 0 Å².